The number of hydrogen-bond acceptors (Lipinski definition) is 3. The number of amides is 1. The number of carbonyl (C=O) groups is 1. The summed E-state index contributed by atoms with van der Waals surface area (Å²) in [6.07, 6.45) is 6.52. The summed E-state index contributed by atoms with van der Waals surface area (Å²) in [5.74, 6) is 1.16. The second kappa shape index (κ2) is 5.19. The van der Waals surface area contributed by atoms with Crippen LogP contribution in [0.4, 0.5) is 0 Å². The molecule has 1 amide bonds. The normalized spacial score (nSPS) is 22.7. The van der Waals surface area contributed by atoms with Crippen molar-refractivity contribution in [1.29, 1.82) is 0 Å². The Labute approximate surface area is 118 Å². The minimum Gasteiger partial charge on any atom is -0.335 e. The molecule has 0 aromatic carbocycles. The van der Waals surface area contributed by atoms with E-state index in [1.165, 1.54) is 32.1 Å². The third-order valence-electron chi connectivity index (χ3n) is 4.23. The number of rotatable bonds is 1. The van der Waals surface area contributed by atoms with Crippen LogP contribution in [0.15, 0.2) is 6.07 Å². The Morgan fingerprint density at radius 2 is 2.21 bits per heavy atom. The van der Waals surface area contributed by atoms with Crippen LogP contribution in [-0.4, -0.2) is 44.6 Å². The molecule has 1 saturated heterocycles. The lowest BCUT2D eigenvalue weighted by atomic mass is 9.87. The van der Waals surface area contributed by atoms with Crippen LogP contribution >= 0.6 is 11.8 Å². The Morgan fingerprint density at radius 1 is 1.42 bits per heavy atom. The zero-order valence-electron chi connectivity index (χ0n) is 11.4. The van der Waals surface area contributed by atoms with E-state index in [1.807, 2.05) is 17.9 Å². The number of thioether (sulfide) groups is 1. The summed E-state index contributed by atoms with van der Waals surface area (Å²) >= 11 is 2.09. The number of carbonyl (C=O) groups excluding carboxylic acids is 1. The number of aryl methyl sites for hydroxylation is 1. The van der Waals surface area contributed by atoms with Gasteiger partial charge < -0.3 is 4.90 Å². The molecule has 2 fully saturated rings. The van der Waals surface area contributed by atoms with Gasteiger partial charge in [0.05, 0.1) is 0 Å². The van der Waals surface area contributed by atoms with Gasteiger partial charge in [0.25, 0.3) is 5.91 Å². The summed E-state index contributed by atoms with van der Waals surface area (Å²) in [5, 5.41) is 6.96. The topological polar surface area (TPSA) is 49.0 Å². The first-order chi connectivity index (χ1) is 9.19. The molecule has 104 valence electrons. The van der Waals surface area contributed by atoms with Gasteiger partial charge in [0.1, 0.15) is 5.69 Å². The van der Waals surface area contributed by atoms with Crippen molar-refractivity contribution in [2.24, 2.45) is 0 Å². The van der Waals surface area contributed by atoms with E-state index < -0.39 is 0 Å². The SMILES string of the molecule is Cc1cc(C(=O)N2CCSC3(CCCCC3)C2)n[nH]1. The maximum atomic E-state index is 12.5. The van der Waals surface area contributed by atoms with E-state index in [2.05, 4.69) is 22.0 Å². The summed E-state index contributed by atoms with van der Waals surface area (Å²) in [6, 6.07) is 1.84. The van der Waals surface area contributed by atoms with E-state index in [0.717, 1.165) is 24.5 Å². The summed E-state index contributed by atoms with van der Waals surface area (Å²) in [6.45, 7) is 3.69. The van der Waals surface area contributed by atoms with Crippen LogP contribution in [0.2, 0.25) is 0 Å². The molecule has 0 radical (unpaired) electrons. The lowest BCUT2D eigenvalue weighted by Gasteiger charge is -2.44. The van der Waals surface area contributed by atoms with Gasteiger partial charge in [-0.05, 0) is 25.8 Å². The van der Waals surface area contributed by atoms with Gasteiger partial charge in [0.2, 0.25) is 0 Å². The molecule has 1 N–H and O–H groups in total. The van der Waals surface area contributed by atoms with Crippen LogP contribution in [-0.2, 0) is 0 Å². The zero-order chi connectivity index (χ0) is 13.3. The highest BCUT2D eigenvalue weighted by Gasteiger charge is 2.39. The van der Waals surface area contributed by atoms with E-state index in [4.69, 9.17) is 0 Å². The van der Waals surface area contributed by atoms with Crippen LogP contribution in [0.3, 0.4) is 0 Å². The van der Waals surface area contributed by atoms with Gasteiger partial charge in [-0.15, -0.1) is 0 Å². The first-order valence-corrected chi connectivity index (χ1v) is 8.12. The molecule has 1 aromatic heterocycles. The number of nitrogens with one attached hydrogen (secondary N) is 1. The molecule has 1 aromatic rings. The molecule has 1 spiro atoms. The van der Waals surface area contributed by atoms with Gasteiger partial charge in [0, 0.05) is 29.3 Å². The maximum absolute atomic E-state index is 12.5. The molecule has 19 heavy (non-hydrogen) atoms. The van der Waals surface area contributed by atoms with Gasteiger partial charge in [-0.2, -0.15) is 16.9 Å². The number of hydrogen-bond donors (Lipinski definition) is 1. The fraction of sp³-hybridized carbons (Fsp3) is 0.714. The highest BCUT2D eigenvalue weighted by molar-refractivity contribution is 8.00. The molecular weight excluding hydrogens is 258 g/mol. The van der Waals surface area contributed by atoms with Crippen LogP contribution in [0.25, 0.3) is 0 Å². The zero-order valence-corrected chi connectivity index (χ0v) is 12.3. The van der Waals surface area contributed by atoms with Crippen molar-refractivity contribution in [3.63, 3.8) is 0 Å². The Morgan fingerprint density at radius 3 is 2.89 bits per heavy atom. The lowest BCUT2D eigenvalue weighted by molar-refractivity contribution is 0.0724. The van der Waals surface area contributed by atoms with E-state index >= 15 is 0 Å². The van der Waals surface area contributed by atoms with Crippen LogP contribution in [0.1, 0.15) is 48.3 Å². The van der Waals surface area contributed by atoms with Crippen LogP contribution < -0.4 is 0 Å². The molecular formula is C14H21N3OS. The smallest absolute Gasteiger partial charge is 0.274 e. The first kappa shape index (κ1) is 13.0. The van der Waals surface area contributed by atoms with Gasteiger partial charge in [0.15, 0.2) is 0 Å². The summed E-state index contributed by atoms with van der Waals surface area (Å²) in [7, 11) is 0. The molecule has 5 heteroatoms. The highest BCUT2D eigenvalue weighted by atomic mass is 32.2. The van der Waals surface area contributed by atoms with E-state index in [0.29, 0.717) is 10.4 Å². The largest absolute Gasteiger partial charge is 0.335 e. The molecule has 3 rings (SSSR count). The monoisotopic (exact) mass is 279 g/mol. The van der Waals surface area contributed by atoms with E-state index in [1.54, 1.807) is 0 Å². The molecule has 2 aliphatic rings. The third kappa shape index (κ3) is 2.66. The third-order valence-corrected chi connectivity index (χ3v) is 5.76. The molecule has 4 nitrogen and oxygen atoms in total. The number of aromatic amines is 1. The second-order valence-corrected chi connectivity index (χ2v) is 7.32. The van der Waals surface area contributed by atoms with Crippen molar-refractivity contribution in [1.82, 2.24) is 15.1 Å². The Balaban J connectivity index is 1.72. The van der Waals surface area contributed by atoms with Crippen molar-refractivity contribution in [2.75, 3.05) is 18.8 Å². The molecule has 1 aliphatic heterocycles. The van der Waals surface area contributed by atoms with Crippen molar-refractivity contribution in [2.45, 2.75) is 43.8 Å². The maximum Gasteiger partial charge on any atom is 0.274 e. The van der Waals surface area contributed by atoms with Gasteiger partial charge >= 0.3 is 0 Å². The Bertz CT molecular complexity index is 460. The molecule has 1 saturated carbocycles. The van der Waals surface area contributed by atoms with Crippen LogP contribution in [0.5, 0.6) is 0 Å². The first-order valence-electron chi connectivity index (χ1n) is 7.14. The predicted molar refractivity (Wildman–Crippen MR) is 77.5 cm³/mol. The number of H-pyrrole nitrogens is 1. The summed E-state index contributed by atoms with van der Waals surface area (Å²) in [5.41, 5.74) is 1.51. The van der Waals surface area contributed by atoms with Crippen molar-refractivity contribution < 1.29 is 4.79 Å². The van der Waals surface area contributed by atoms with Gasteiger partial charge in [-0.3, -0.25) is 9.89 Å². The Kier molecular flexibility index (Phi) is 3.56. The second-order valence-electron chi connectivity index (χ2n) is 5.76. The summed E-state index contributed by atoms with van der Waals surface area (Å²) in [4.78, 5) is 14.5. The standard InChI is InChI=1S/C14H21N3OS/c1-11-9-12(16-15-11)13(18)17-7-8-19-14(10-17)5-3-2-4-6-14/h9H,2-8,10H2,1H3,(H,15,16). The van der Waals surface area contributed by atoms with Gasteiger partial charge in [-0.1, -0.05) is 19.3 Å². The molecule has 2 heterocycles. The molecule has 1 aliphatic carbocycles. The van der Waals surface area contributed by atoms with Crippen molar-refractivity contribution in [3.05, 3.63) is 17.5 Å². The highest BCUT2D eigenvalue weighted by Crippen LogP contribution is 2.42. The van der Waals surface area contributed by atoms with E-state index in [-0.39, 0.29) is 5.91 Å². The fourth-order valence-electron chi connectivity index (χ4n) is 3.21. The summed E-state index contributed by atoms with van der Waals surface area (Å²) < 4.78 is 0.331. The quantitative estimate of drug-likeness (QED) is 0.859. The average Bonchev–Trinajstić information content (AvgIpc) is 2.85. The molecule has 0 unspecified atom stereocenters. The van der Waals surface area contributed by atoms with Crippen molar-refractivity contribution in [3.8, 4) is 0 Å². The molecule has 0 atom stereocenters. The Hall–Kier alpha value is -0.970. The lowest BCUT2D eigenvalue weighted by Crippen LogP contribution is -2.50. The van der Waals surface area contributed by atoms with Gasteiger partial charge in [-0.25, -0.2) is 0 Å². The predicted octanol–water partition coefficient (Wildman–Crippen LogP) is 2.61. The number of aromatic nitrogens is 2. The van der Waals surface area contributed by atoms with E-state index in [9.17, 15) is 4.79 Å². The van der Waals surface area contributed by atoms with Crippen molar-refractivity contribution >= 4 is 17.7 Å². The van der Waals surface area contributed by atoms with Crippen LogP contribution in [0, 0.1) is 6.92 Å². The fourth-order valence-corrected chi connectivity index (χ4v) is 4.78. The minimum atomic E-state index is 0.0922. The minimum absolute atomic E-state index is 0.0922. The number of nitrogens with zero attached hydrogens (tertiary/aromatic N) is 2. The average molecular weight is 279 g/mol. The molecule has 0 bridgehead atoms.